The number of hydrogen-bond acceptors (Lipinski definition) is 9. The highest BCUT2D eigenvalue weighted by Crippen LogP contribution is 2.59. The number of esters is 2. The fourth-order valence-corrected chi connectivity index (χ4v) is 6.57. The van der Waals surface area contributed by atoms with Crippen molar-refractivity contribution >= 4 is 46.2 Å². The highest BCUT2D eigenvalue weighted by atomic mass is 32.2. The number of allylic oxidation sites excluding steroid dienone is 1. The lowest BCUT2D eigenvalue weighted by Gasteiger charge is -2.41. The van der Waals surface area contributed by atoms with Gasteiger partial charge in [0.2, 0.25) is 9.37 Å². The van der Waals surface area contributed by atoms with Crippen LogP contribution in [0.3, 0.4) is 0 Å². The molecule has 9 heteroatoms. The van der Waals surface area contributed by atoms with Crippen LogP contribution in [0, 0.1) is 6.92 Å². The van der Waals surface area contributed by atoms with E-state index < -0.39 is 10.3 Å². The summed E-state index contributed by atoms with van der Waals surface area (Å²) in [6.07, 6.45) is 0. The van der Waals surface area contributed by atoms with E-state index in [0.29, 0.717) is 11.4 Å². The van der Waals surface area contributed by atoms with Gasteiger partial charge in [-0.3, -0.25) is 0 Å². The Bertz CT molecular complexity index is 1120. The molecule has 2 aliphatic rings. The molecule has 172 valence electrons. The average Bonchev–Trinajstić information content (AvgIpc) is 3.34. The van der Waals surface area contributed by atoms with Crippen molar-refractivity contribution in [3.8, 4) is 0 Å². The van der Waals surface area contributed by atoms with Crippen LogP contribution in [0.15, 0.2) is 70.3 Å². The summed E-state index contributed by atoms with van der Waals surface area (Å²) < 4.78 is 9.40. The minimum atomic E-state index is -0.930. The van der Waals surface area contributed by atoms with E-state index in [2.05, 4.69) is 10.0 Å². The molecule has 0 aliphatic carbocycles. The fraction of sp³-hybridized carbons (Fsp3) is 0.292. The van der Waals surface area contributed by atoms with Crippen LogP contribution in [0.2, 0.25) is 0 Å². The maximum absolute atomic E-state index is 12.9. The third-order valence-electron chi connectivity index (χ3n) is 5.28. The van der Waals surface area contributed by atoms with Gasteiger partial charge in [0.1, 0.15) is 4.91 Å². The molecule has 0 aromatic heterocycles. The minimum Gasteiger partial charge on any atom is -0.464 e. The number of hydrogen-bond donors (Lipinski definition) is 0. The van der Waals surface area contributed by atoms with Gasteiger partial charge in [-0.15, -0.1) is 0 Å². The van der Waals surface area contributed by atoms with Gasteiger partial charge in [0.05, 0.1) is 19.4 Å². The second kappa shape index (κ2) is 9.52. The molecular formula is C24H25N3O4S2. The van der Waals surface area contributed by atoms with Crippen molar-refractivity contribution in [3.05, 3.63) is 76.3 Å². The molecule has 2 aliphatic heterocycles. The van der Waals surface area contributed by atoms with Crippen molar-refractivity contribution in [2.75, 3.05) is 18.7 Å². The highest BCUT2D eigenvalue weighted by molar-refractivity contribution is 8.28. The zero-order valence-corrected chi connectivity index (χ0v) is 20.5. The molecule has 0 bridgehead atoms. The summed E-state index contributed by atoms with van der Waals surface area (Å²) in [4.78, 5) is 28.0. The largest absolute Gasteiger partial charge is 0.464 e. The number of ether oxygens (including phenoxy) is 2. The Balaban J connectivity index is 1.83. The van der Waals surface area contributed by atoms with Crippen molar-refractivity contribution < 1.29 is 19.1 Å². The molecule has 1 unspecified atom stereocenters. The SMILES string of the molecule is CCOC(=O)C1=C(C)N(Cc2ccccc2)C2(SC(C(=O)OC)=NN2c2ccc(C)cc2)S1. The number of aryl methyl sites for hydroxylation is 1. The standard InChI is InChI=1S/C24H25N3O4S2/c1-5-31-22(28)20-17(3)26(15-18-9-7-6-8-10-18)24(32-20)27(19-13-11-16(2)12-14-19)25-21(33-24)23(29)30-4/h6-14H,5,15H2,1-4H3. The van der Waals surface area contributed by atoms with Gasteiger partial charge in [0.15, 0.2) is 0 Å². The summed E-state index contributed by atoms with van der Waals surface area (Å²) in [5.74, 6) is -0.901. The van der Waals surface area contributed by atoms with Crippen molar-refractivity contribution in [1.82, 2.24) is 4.90 Å². The van der Waals surface area contributed by atoms with E-state index in [0.717, 1.165) is 22.5 Å². The molecule has 33 heavy (non-hydrogen) atoms. The molecular weight excluding hydrogens is 458 g/mol. The summed E-state index contributed by atoms with van der Waals surface area (Å²) >= 11 is 2.61. The fourth-order valence-electron chi connectivity index (χ4n) is 3.62. The Labute approximate surface area is 201 Å². The van der Waals surface area contributed by atoms with Crippen LogP contribution in [0.1, 0.15) is 25.0 Å². The molecule has 0 fully saturated rings. The first-order valence-electron chi connectivity index (χ1n) is 10.5. The molecule has 2 aromatic carbocycles. The maximum Gasteiger partial charge on any atom is 0.365 e. The average molecular weight is 484 g/mol. The Morgan fingerprint density at radius 3 is 2.33 bits per heavy atom. The van der Waals surface area contributed by atoms with Crippen LogP contribution in [-0.2, 0) is 25.6 Å². The third-order valence-corrected chi connectivity index (χ3v) is 8.21. The summed E-state index contributed by atoms with van der Waals surface area (Å²) in [5, 5.41) is 6.68. The van der Waals surface area contributed by atoms with Gasteiger partial charge in [-0.2, -0.15) is 5.10 Å². The van der Waals surface area contributed by atoms with Crippen LogP contribution in [0.4, 0.5) is 5.69 Å². The van der Waals surface area contributed by atoms with Gasteiger partial charge in [-0.05, 0) is 50.2 Å². The van der Waals surface area contributed by atoms with Crippen molar-refractivity contribution in [2.24, 2.45) is 5.10 Å². The van der Waals surface area contributed by atoms with Gasteiger partial charge < -0.3 is 14.4 Å². The number of nitrogens with zero attached hydrogens (tertiary/aromatic N) is 3. The molecule has 1 atom stereocenters. The number of anilines is 1. The number of carbonyl (C=O) groups is 2. The van der Waals surface area contributed by atoms with E-state index in [1.807, 2.05) is 68.4 Å². The number of hydrazone groups is 1. The third kappa shape index (κ3) is 4.35. The molecule has 0 saturated heterocycles. The van der Waals surface area contributed by atoms with E-state index >= 15 is 0 Å². The Morgan fingerprint density at radius 2 is 1.70 bits per heavy atom. The minimum absolute atomic E-state index is 0.224. The first kappa shape index (κ1) is 23.3. The van der Waals surface area contributed by atoms with Gasteiger partial charge >= 0.3 is 11.9 Å². The normalized spacial score (nSPS) is 19.8. The van der Waals surface area contributed by atoms with Crippen LogP contribution in [-0.4, -0.2) is 39.9 Å². The lowest BCUT2D eigenvalue weighted by molar-refractivity contribution is -0.137. The zero-order valence-electron chi connectivity index (χ0n) is 18.9. The lowest BCUT2D eigenvalue weighted by atomic mass is 10.2. The molecule has 0 N–H and O–H groups in total. The van der Waals surface area contributed by atoms with E-state index in [4.69, 9.17) is 9.47 Å². The van der Waals surface area contributed by atoms with E-state index in [1.54, 1.807) is 11.9 Å². The molecule has 2 heterocycles. The summed E-state index contributed by atoms with van der Waals surface area (Å²) in [5.41, 5.74) is 3.75. The second-order valence-corrected chi connectivity index (χ2v) is 10.1. The molecule has 0 saturated carbocycles. The second-order valence-electron chi connectivity index (χ2n) is 7.50. The summed E-state index contributed by atoms with van der Waals surface area (Å²) in [6, 6.07) is 17.9. The van der Waals surface area contributed by atoms with Crippen molar-refractivity contribution in [3.63, 3.8) is 0 Å². The number of rotatable bonds is 6. The Kier molecular flexibility index (Phi) is 6.71. The monoisotopic (exact) mass is 483 g/mol. The lowest BCUT2D eigenvalue weighted by Crippen LogP contribution is -2.48. The van der Waals surface area contributed by atoms with Crippen LogP contribution >= 0.6 is 23.5 Å². The van der Waals surface area contributed by atoms with Gasteiger partial charge in [-0.25, -0.2) is 14.6 Å². The van der Waals surface area contributed by atoms with Gasteiger partial charge in [0.25, 0.3) is 0 Å². The van der Waals surface area contributed by atoms with Gasteiger partial charge in [0, 0.05) is 12.2 Å². The first-order chi connectivity index (χ1) is 15.9. The van der Waals surface area contributed by atoms with E-state index in [9.17, 15) is 9.59 Å². The molecule has 1 spiro atoms. The highest BCUT2D eigenvalue weighted by Gasteiger charge is 2.57. The van der Waals surface area contributed by atoms with Crippen LogP contribution in [0.25, 0.3) is 0 Å². The quantitative estimate of drug-likeness (QED) is 0.548. The molecule has 4 rings (SSSR count). The summed E-state index contributed by atoms with van der Waals surface area (Å²) in [6.45, 7) is 6.49. The number of thioether (sulfide) groups is 2. The van der Waals surface area contributed by atoms with Gasteiger partial charge in [-0.1, -0.05) is 59.8 Å². The smallest absolute Gasteiger partial charge is 0.365 e. The Morgan fingerprint density at radius 1 is 1.00 bits per heavy atom. The predicted molar refractivity (Wildman–Crippen MR) is 132 cm³/mol. The molecule has 2 aromatic rings. The molecule has 7 nitrogen and oxygen atoms in total. The van der Waals surface area contributed by atoms with Crippen LogP contribution in [0.5, 0.6) is 0 Å². The topological polar surface area (TPSA) is 71.4 Å². The maximum atomic E-state index is 12.9. The molecule has 0 amide bonds. The number of carbonyl (C=O) groups excluding carboxylic acids is 2. The summed E-state index contributed by atoms with van der Waals surface area (Å²) in [7, 11) is 1.34. The van der Waals surface area contributed by atoms with E-state index in [1.165, 1.54) is 30.6 Å². The predicted octanol–water partition coefficient (Wildman–Crippen LogP) is 4.69. The van der Waals surface area contributed by atoms with Crippen molar-refractivity contribution in [2.45, 2.75) is 31.6 Å². The zero-order chi connectivity index (χ0) is 23.6. The van der Waals surface area contributed by atoms with E-state index in [-0.39, 0.29) is 17.6 Å². The molecule has 0 radical (unpaired) electrons. The first-order valence-corrected chi connectivity index (χ1v) is 12.1. The number of benzene rings is 2. The number of methoxy groups -OCH3 is 1. The van der Waals surface area contributed by atoms with Crippen LogP contribution < -0.4 is 5.01 Å². The van der Waals surface area contributed by atoms with Crippen molar-refractivity contribution in [1.29, 1.82) is 0 Å². The Hall–Kier alpha value is -2.91.